The molecule has 0 spiro atoms. The van der Waals surface area contributed by atoms with Crippen LogP contribution >= 0.6 is 0 Å². The second-order valence-corrected chi connectivity index (χ2v) is 5.47. The molecule has 0 aliphatic heterocycles. The summed E-state index contributed by atoms with van der Waals surface area (Å²) < 4.78 is 8.96. The lowest BCUT2D eigenvalue weighted by Gasteiger charge is -2.36. The fourth-order valence-corrected chi connectivity index (χ4v) is 1.88. The summed E-state index contributed by atoms with van der Waals surface area (Å²) in [6.45, 7) is 1.15. The van der Waals surface area contributed by atoms with Gasteiger partial charge >= 0.3 is 29.7 Å². The van der Waals surface area contributed by atoms with Crippen LogP contribution in [-0.4, -0.2) is 97.4 Å². The summed E-state index contributed by atoms with van der Waals surface area (Å²) in [5, 5.41) is 57.8. The number of hydrogen-bond donors (Lipinski definition) is 6. The van der Waals surface area contributed by atoms with Crippen LogP contribution in [0.1, 0.15) is 20.8 Å². The second kappa shape index (κ2) is 10.8. The van der Waals surface area contributed by atoms with Crippen molar-refractivity contribution in [1.82, 2.24) is 0 Å². The van der Waals surface area contributed by atoms with Crippen LogP contribution in [0.2, 0.25) is 0 Å². The Morgan fingerprint density at radius 3 is 1.57 bits per heavy atom. The lowest BCUT2D eigenvalue weighted by atomic mass is 9.94. The van der Waals surface area contributed by atoms with Crippen molar-refractivity contribution in [3.05, 3.63) is 0 Å². The zero-order valence-electron chi connectivity index (χ0n) is 15.0. The van der Waals surface area contributed by atoms with Crippen LogP contribution < -0.4 is 0 Å². The zero-order chi connectivity index (χ0) is 22.2. The summed E-state index contributed by atoms with van der Waals surface area (Å²) >= 11 is 0. The van der Waals surface area contributed by atoms with Gasteiger partial charge in [0.2, 0.25) is 0 Å². The van der Waals surface area contributed by atoms with Gasteiger partial charge in [0.1, 0.15) is 24.4 Å². The predicted octanol–water partition coefficient (Wildman–Crippen LogP) is -4.37. The van der Waals surface area contributed by atoms with E-state index in [1.807, 2.05) is 0 Å². The molecule has 162 valence electrons. The Morgan fingerprint density at radius 1 is 0.750 bits per heavy atom. The minimum absolute atomic E-state index is 0.706. The molecule has 28 heavy (non-hydrogen) atoms. The highest BCUT2D eigenvalue weighted by Gasteiger charge is 2.60. The van der Waals surface area contributed by atoms with Gasteiger partial charge in [0.25, 0.3) is 0 Å². The van der Waals surface area contributed by atoms with Crippen LogP contribution in [-0.2, 0) is 38.4 Å². The second-order valence-electron chi connectivity index (χ2n) is 5.47. The van der Waals surface area contributed by atoms with Gasteiger partial charge in [-0.3, -0.25) is 9.59 Å². The maximum atomic E-state index is 12.2. The van der Waals surface area contributed by atoms with Gasteiger partial charge in [0.05, 0.1) is 6.61 Å². The molecule has 14 nitrogen and oxygen atoms in total. The van der Waals surface area contributed by atoms with Crippen molar-refractivity contribution >= 4 is 23.9 Å². The average Bonchev–Trinajstić information content (AvgIpc) is 2.61. The molecule has 0 aromatic rings. The van der Waals surface area contributed by atoms with Crippen molar-refractivity contribution in [2.45, 2.75) is 57.1 Å². The van der Waals surface area contributed by atoms with Crippen LogP contribution in [0.15, 0.2) is 0 Å². The van der Waals surface area contributed by atoms with Gasteiger partial charge < -0.3 is 40.1 Å². The van der Waals surface area contributed by atoms with Crippen LogP contribution in [0.5, 0.6) is 0 Å². The molecule has 0 radical (unpaired) electrons. The largest absolute Gasteiger partial charge is 0.442 e. The molecule has 0 aliphatic rings. The van der Waals surface area contributed by atoms with E-state index in [9.17, 15) is 44.7 Å². The zero-order valence-corrected chi connectivity index (χ0v) is 15.0. The molecule has 14 heteroatoms. The molecule has 0 rings (SSSR count). The van der Waals surface area contributed by atoms with E-state index in [1.165, 1.54) is 0 Å². The van der Waals surface area contributed by atoms with Gasteiger partial charge in [0, 0.05) is 20.8 Å². The maximum absolute atomic E-state index is 12.2. The fourth-order valence-electron chi connectivity index (χ4n) is 1.88. The molecule has 0 saturated heterocycles. The van der Waals surface area contributed by atoms with Gasteiger partial charge in [-0.25, -0.2) is 19.4 Å². The van der Waals surface area contributed by atoms with E-state index in [2.05, 4.69) is 19.2 Å². The summed E-state index contributed by atoms with van der Waals surface area (Å²) in [6, 6.07) is 0. The number of hydrogen-bond acceptors (Lipinski definition) is 14. The van der Waals surface area contributed by atoms with E-state index < -0.39 is 66.8 Å². The maximum Gasteiger partial charge on any atom is 0.442 e. The van der Waals surface area contributed by atoms with Gasteiger partial charge in [-0.1, -0.05) is 0 Å². The Bertz CT molecular complexity index is 558. The molecule has 0 aromatic carbocycles. The highest BCUT2D eigenvalue weighted by molar-refractivity contribution is 5.85. The molecule has 0 heterocycles. The summed E-state index contributed by atoms with van der Waals surface area (Å²) in [5.41, 5.74) is 0. The van der Waals surface area contributed by atoms with Crippen molar-refractivity contribution in [3.63, 3.8) is 0 Å². The summed E-state index contributed by atoms with van der Waals surface area (Å²) in [4.78, 5) is 53.6. The van der Waals surface area contributed by atoms with Crippen LogP contribution in [0.4, 0.5) is 0 Å². The average molecular weight is 414 g/mol. The van der Waals surface area contributed by atoms with Crippen molar-refractivity contribution < 1.29 is 69.1 Å². The standard InChI is InChI=1S/C14H22O14/c1-5(16)25-14(26-6(2)17,13(24)28-27-7(3)18)12(23)11(22)10(21)9(20)8(19)4-15/h8-12,15,19-23H,4H2,1-3H3/t8-,9-,10-,11-,12?/m1/s1. The first-order valence-electron chi connectivity index (χ1n) is 7.60. The van der Waals surface area contributed by atoms with E-state index in [1.54, 1.807) is 0 Å². The Labute approximate surface area is 157 Å². The molecule has 0 amide bonds. The smallest absolute Gasteiger partial charge is 0.410 e. The van der Waals surface area contributed by atoms with Crippen molar-refractivity contribution in [3.8, 4) is 0 Å². The molecule has 0 aromatic heterocycles. The van der Waals surface area contributed by atoms with E-state index in [4.69, 9.17) is 5.11 Å². The third kappa shape index (κ3) is 6.66. The molecule has 0 aliphatic carbocycles. The third-order valence-corrected chi connectivity index (χ3v) is 3.10. The Hall–Kier alpha value is -2.36. The Morgan fingerprint density at radius 2 is 1.21 bits per heavy atom. The number of rotatable bonds is 9. The quantitative estimate of drug-likeness (QED) is 0.0906. The van der Waals surface area contributed by atoms with Gasteiger partial charge in [-0.15, -0.1) is 0 Å². The van der Waals surface area contributed by atoms with Crippen LogP contribution in [0, 0.1) is 0 Å². The SMILES string of the molecule is CC(=O)OOC(=O)C(OC(C)=O)(OC(C)=O)C(O)[C@H](O)[C@H](O)[C@H](O)[C@H](O)CO. The van der Waals surface area contributed by atoms with Crippen molar-refractivity contribution in [2.75, 3.05) is 6.61 Å². The van der Waals surface area contributed by atoms with E-state index in [0.717, 1.165) is 6.92 Å². The highest BCUT2D eigenvalue weighted by Crippen LogP contribution is 2.26. The van der Waals surface area contributed by atoms with Gasteiger partial charge in [-0.05, 0) is 0 Å². The predicted molar refractivity (Wildman–Crippen MR) is 81.2 cm³/mol. The summed E-state index contributed by atoms with van der Waals surface area (Å²) in [5.74, 6) is -9.35. The minimum atomic E-state index is -3.47. The van der Waals surface area contributed by atoms with Gasteiger partial charge in [-0.2, -0.15) is 0 Å². The fraction of sp³-hybridized carbons (Fsp3) is 0.714. The molecular weight excluding hydrogens is 392 g/mol. The van der Waals surface area contributed by atoms with Crippen molar-refractivity contribution in [2.24, 2.45) is 0 Å². The number of aliphatic hydroxyl groups is 6. The van der Waals surface area contributed by atoms with E-state index in [-0.39, 0.29) is 0 Å². The monoisotopic (exact) mass is 414 g/mol. The van der Waals surface area contributed by atoms with Gasteiger partial charge in [0.15, 0.2) is 6.10 Å². The first-order valence-corrected chi connectivity index (χ1v) is 7.60. The summed E-state index contributed by atoms with van der Waals surface area (Å²) in [6.07, 6.45) is -12.1. The number of aliphatic hydroxyl groups excluding tert-OH is 6. The minimum Gasteiger partial charge on any atom is -0.410 e. The van der Waals surface area contributed by atoms with Crippen molar-refractivity contribution in [1.29, 1.82) is 0 Å². The molecular formula is C14H22O14. The number of carbonyl (C=O) groups is 4. The van der Waals surface area contributed by atoms with E-state index >= 15 is 0 Å². The lowest BCUT2D eigenvalue weighted by Crippen LogP contribution is -2.64. The first kappa shape index (κ1) is 25.6. The highest BCUT2D eigenvalue weighted by atomic mass is 17.2. The molecule has 6 N–H and O–H groups in total. The summed E-state index contributed by atoms with van der Waals surface area (Å²) in [7, 11) is 0. The molecule has 1 unspecified atom stereocenters. The topological polar surface area (TPSA) is 227 Å². The van der Waals surface area contributed by atoms with Crippen LogP contribution in [0.25, 0.3) is 0 Å². The number of carbonyl (C=O) groups excluding carboxylic acids is 4. The first-order chi connectivity index (χ1) is 12.8. The molecule has 0 fully saturated rings. The Balaban J connectivity index is 6.02. The molecule has 0 bridgehead atoms. The third-order valence-electron chi connectivity index (χ3n) is 3.10. The lowest BCUT2D eigenvalue weighted by molar-refractivity contribution is -0.315. The molecule has 5 atom stereocenters. The molecule has 0 saturated carbocycles. The van der Waals surface area contributed by atoms with E-state index in [0.29, 0.717) is 13.8 Å². The van der Waals surface area contributed by atoms with Crippen LogP contribution in [0.3, 0.4) is 0 Å². The number of ether oxygens (including phenoxy) is 2. The Kier molecular flexibility index (Phi) is 9.93. The number of esters is 2. The normalized spacial score (nSPS) is 16.8.